The van der Waals surface area contributed by atoms with E-state index in [0.29, 0.717) is 18.8 Å². The Morgan fingerprint density at radius 2 is 1.93 bits per heavy atom. The van der Waals surface area contributed by atoms with Crippen LogP contribution in [-0.2, 0) is 16.2 Å². The molecule has 2 heterocycles. The molecule has 27 heavy (non-hydrogen) atoms. The highest BCUT2D eigenvalue weighted by Gasteiger charge is 2.32. The molecule has 1 aliphatic rings. The van der Waals surface area contributed by atoms with Crippen LogP contribution in [0.25, 0.3) is 0 Å². The van der Waals surface area contributed by atoms with Crippen LogP contribution in [0.3, 0.4) is 0 Å². The molecule has 1 N–H and O–H groups in total. The molecule has 1 atom stereocenters. The van der Waals surface area contributed by atoms with Crippen LogP contribution in [0.1, 0.15) is 12.0 Å². The van der Waals surface area contributed by atoms with E-state index in [1.54, 1.807) is 4.90 Å². The van der Waals surface area contributed by atoms with Crippen LogP contribution in [0.2, 0.25) is 10.0 Å². The Hall–Kier alpha value is -1.55. The summed E-state index contributed by atoms with van der Waals surface area (Å²) < 4.78 is 65.5. The minimum Gasteiger partial charge on any atom is -0.355 e. The highest BCUT2D eigenvalue weighted by atomic mass is 35.5. The number of sulfonamides is 1. The van der Waals surface area contributed by atoms with Crippen LogP contribution in [0.15, 0.2) is 41.4 Å². The molecule has 1 aromatic carbocycles. The van der Waals surface area contributed by atoms with Gasteiger partial charge < -0.3 is 4.90 Å². The van der Waals surface area contributed by atoms with E-state index in [9.17, 15) is 21.6 Å². The summed E-state index contributed by atoms with van der Waals surface area (Å²) in [5.41, 5.74) is -0.835. The molecular formula is C16H14Cl2F3N3O2S. The molecule has 11 heteroatoms. The summed E-state index contributed by atoms with van der Waals surface area (Å²) in [7, 11) is -3.89. The van der Waals surface area contributed by atoms with Gasteiger partial charge >= 0.3 is 6.18 Å². The average molecular weight is 440 g/mol. The first-order chi connectivity index (χ1) is 12.6. The summed E-state index contributed by atoms with van der Waals surface area (Å²) in [6, 6.07) is 5.92. The Kier molecular flexibility index (Phi) is 5.58. The van der Waals surface area contributed by atoms with E-state index in [1.807, 2.05) is 0 Å². The quantitative estimate of drug-likeness (QED) is 0.782. The van der Waals surface area contributed by atoms with Gasteiger partial charge in [-0.3, -0.25) is 0 Å². The van der Waals surface area contributed by atoms with Gasteiger partial charge in [0.05, 0.1) is 10.6 Å². The monoisotopic (exact) mass is 439 g/mol. The molecule has 3 rings (SSSR count). The molecule has 1 aromatic heterocycles. The number of hydrogen-bond acceptors (Lipinski definition) is 4. The van der Waals surface area contributed by atoms with Crippen molar-refractivity contribution in [1.29, 1.82) is 0 Å². The standard InChI is InChI=1S/C16H14Cl2F3N3O2S/c17-11-2-3-13(18)14(7-11)27(25,26)23-12-5-6-24(9-12)15-4-1-10(8-22-15)16(19,20)21/h1-4,7-8,12,23H,5-6,9H2/t12-/m0/s1. The van der Waals surface area contributed by atoms with Crippen LogP contribution in [0.4, 0.5) is 19.0 Å². The van der Waals surface area contributed by atoms with Gasteiger partial charge in [0.15, 0.2) is 0 Å². The lowest BCUT2D eigenvalue weighted by atomic mass is 10.3. The molecule has 2 aromatic rings. The number of halogens is 5. The predicted molar refractivity (Wildman–Crippen MR) is 96.6 cm³/mol. The molecule has 0 unspecified atom stereocenters. The number of benzene rings is 1. The van der Waals surface area contributed by atoms with Crippen LogP contribution < -0.4 is 9.62 Å². The van der Waals surface area contributed by atoms with Crippen molar-refractivity contribution < 1.29 is 21.6 Å². The van der Waals surface area contributed by atoms with E-state index in [0.717, 1.165) is 12.3 Å². The van der Waals surface area contributed by atoms with E-state index in [-0.39, 0.29) is 21.5 Å². The summed E-state index contributed by atoms with van der Waals surface area (Å²) in [4.78, 5) is 5.42. The topological polar surface area (TPSA) is 62.3 Å². The number of rotatable bonds is 4. The first kappa shape index (κ1) is 20.2. The number of anilines is 1. The molecule has 0 saturated carbocycles. The van der Waals surface area contributed by atoms with Gasteiger partial charge in [0, 0.05) is 30.4 Å². The van der Waals surface area contributed by atoms with Gasteiger partial charge in [-0.05, 0) is 36.8 Å². The number of nitrogens with zero attached hydrogens (tertiary/aromatic N) is 2. The second kappa shape index (κ2) is 7.46. The summed E-state index contributed by atoms with van der Waals surface area (Å²) >= 11 is 11.8. The number of hydrogen-bond donors (Lipinski definition) is 1. The first-order valence-electron chi connectivity index (χ1n) is 7.82. The largest absolute Gasteiger partial charge is 0.417 e. The summed E-state index contributed by atoms with van der Waals surface area (Å²) in [6.07, 6.45) is -3.22. The highest BCUT2D eigenvalue weighted by Crippen LogP contribution is 2.30. The Balaban J connectivity index is 1.70. The summed E-state index contributed by atoms with van der Waals surface area (Å²) in [6.45, 7) is 0.727. The second-order valence-electron chi connectivity index (χ2n) is 6.03. The van der Waals surface area contributed by atoms with Gasteiger partial charge in [0.25, 0.3) is 0 Å². The van der Waals surface area contributed by atoms with Crippen molar-refractivity contribution in [3.05, 3.63) is 52.1 Å². The lowest BCUT2D eigenvalue weighted by Gasteiger charge is -2.19. The molecule has 1 fully saturated rings. The third-order valence-corrected chi connectivity index (χ3v) is 6.33. The molecule has 146 valence electrons. The normalized spacial score (nSPS) is 18.1. The summed E-state index contributed by atoms with van der Waals surface area (Å²) in [5.74, 6) is 0.352. The molecule has 0 bridgehead atoms. The molecule has 0 amide bonds. The minimum absolute atomic E-state index is 0.0474. The van der Waals surface area contributed by atoms with Gasteiger partial charge in [0.1, 0.15) is 10.7 Å². The first-order valence-corrected chi connectivity index (χ1v) is 10.1. The Labute approximate surface area is 164 Å². The van der Waals surface area contributed by atoms with Crippen molar-refractivity contribution in [3.8, 4) is 0 Å². The number of nitrogens with one attached hydrogen (secondary N) is 1. The van der Waals surface area contributed by atoms with Crippen LogP contribution in [0, 0.1) is 0 Å². The van der Waals surface area contributed by atoms with E-state index in [4.69, 9.17) is 23.2 Å². The van der Waals surface area contributed by atoms with E-state index in [2.05, 4.69) is 9.71 Å². The Morgan fingerprint density at radius 1 is 1.19 bits per heavy atom. The Bertz CT molecular complexity index is 937. The van der Waals surface area contributed by atoms with Gasteiger partial charge in [-0.25, -0.2) is 18.1 Å². The maximum Gasteiger partial charge on any atom is 0.417 e. The van der Waals surface area contributed by atoms with Crippen LogP contribution in [0.5, 0.6) is 0 Å². The lowest BCUT2D eigenvalue weighted by Crippen LogP contribution is -2.37. The molecule has 5 nitrogen and oxygen atoms in total. The Morgan fingerprint density at radius 3 is 2.56 bits per heavy atom. The zero-order chi connectivity index (χ0) is 19.8. The predicted octanol–water partition coefficient (Wildman–Crippen LogP) is 3.96. The van der Waals surface area contributed by atoms with Crippen LogP contribution in [-0.4, -0.2) is 32.5 Å². The highest BCUT2D eigenvalue weighted by molar-refractivity contribution is 7.89. The molecule has 0 spiro atoms. The summed E-state index contributed by atoms with van der Waals surface area (Å²) in [5, 5.41) is 0.285. The van der Waals surface area contributed by atoms with Gasteiger partial charge in [-0.15, -0.1) is 0 Å². The molecule has 0 radical (unpaired) electrons. The zero-order valence-electron chi connectivity index (χ0n) is 13.7. The SMILES string of the molecule is O=S(=O)(N[C@H]1CCN(c2ccc(C(F)(F)F)cn2)C1)c1cc(Cl)ccc1Cl. The fourth-order valence-corrected chi connectivity index (χ4v) is 4.80. The smallest absolute Gasteiger partial charge is 0.355 e. The number of aromatic nitrogens is 1. The fraction of sp³-hybridized carbons (Fsp3) is 0.312. The molecule has 1 saturated heterocycles. The van der Waals surface area contributed by atoms with Crippen molar-refractivity contribution in [3.63, 3.8) is 0 Å². The van der Waals surface area contributed by atoms with E-state index >= 15 is 0 Å². The van der Waals surface area contributed by atoms with Crippen molar-refractivity contribution >= 4 is 39.0 Å². The van der Waals surface area contributed by atoms with Crippen molar-refractivity contribution in [2.75, 3.05) is 18.0 Å². The van der Waals surface area contributed by atoms with Gasteiger partial charge in [0.2, 0.25) is 10.0 Å². The number of pyridine rings is 1. The van der Waals surface area contributed by atoms with Gasteiger partial charge in [-0.1, -0.05) is 23.2 Å². The second-order valence-corrected chi connectivity index (χ2v) is 8.56. The molecular weight excluding hydrogens is 426 g/mol. The van der Waals surface area contributed by atoms with E-state index < -0.39 is 27.8 Å². The van der Waals surface area contributed by atoms with Crippen molar-refractivity contribution in [2.24, 2.45) is 0 Å². The van der Waals surface area contributed by atoms with Crippen molar-refractivity contribution in [1.82, 2.24) is 9.71 Å². The third-order valence-electron chi connectivity index (χ3n) is 4.09. The average Bonchev–Trinajstić information content (AvgIpc) is 3.04. The van der Waals surface area contributed by atoms with Crippen LogP contribution >= 0.6 is 23.2 Å². The van der Waals surface area contributed by atoms with Crippen molar-refractivity contribution in [2.45, 2.75) is 23.5 Å². The maximum atomic E-state index is 12.6. The lowest BCUT2D eigenvalue weighted by molar-refractivity contribution is -0.137. The van der Waals surface area contributed by atoms with E-state index in [1.165, 1.54) is 24.3 Å². The van der Waals surface area contributed by atoms with Gasteiger partial charge in [-0.2, -0.15) is 13.2 Å². The molecule has 1 aliphatic heterocycles. The fourth-order valence-electron chi connectivity index (χ4n) is 2.77. The minimum atomic E-state index is -4.45. The molecule has 0 aliphatic carbocycles. The third kappa shape index (κ3) is 4.66. The number of alkyl halides is 3. The maximum absolute atomic E-state index is 12.6. The zero-order valence-corrected chi connectivity index (χ0v) is 16.0.